The van der Waals surface area contributed by atoms with E-state index in [4.69, 9.17) is 0 Å². The van der Waals surface area contributed by atoms with Crippen LogP contribution in [0, 0.1) is 5.82 Å². The third-order valence-electron chi connectivity index (χ3n) is 2.89. The maximum atomic E-state index is 13.8. The quantitative estimate of drug-likeness (QED) is 0.726. The summed E-state index contributed by atoms with van der Waals surface area (Å²) in [4.78, 5) is 11.6. The Kier molecular flexibility index (Phi) is 5.75. The van der Waals surface area contributed by atoms with E-state index in [1.165, 1.54) is 23.5 Å². The number of rotatable bonds is 7. The lowest BCUT2D eigenvalue weighted by molar-refractivity contribution is 0.102. The summed E-state index contributed by atoms with van der Waals surface area (Å²) in [6.45, 7) is 5.23. The highest BCUT2D eigenvalue weighted by atomic mass is 32.2. The second-order valence-electron chi connectivity index (χ2n) is 4.59. The molecule has 0 radical (unpaired) electrons. The minimum absolute atomic E-state index is 0.0105. The number of halogens is 1. The Balaban J connectivity index is 2.26. The number of benzene rings is 1. The van der Waals surface area contributed by atoms with E-state index in [1.54, 1.807) is 0 Å². The number of anilines is 1. The Hall–Kier alpha value is -2.17. The normalized spacial score (nSPS) is 11.2. The molecule has 2 aromatic rings. The van der Waals surface area contributed by atoms with Crippen LogP contribution in [0.15, 0.2) is 35.7 Å². The number of nitrogens with one attached hydrogen (secondary N) is 2. The predicted molar refractivity (Wildman–Crippen MR) is 89.0 cm³/mol. The monoisotopic (exact) mass is 370 g/mol. The van der Waals surface area contributed by atoms with Gasteiger partial charge < -0.3 is 0 Å². The van der Waals surface area contributed by atoms with Crippen molar-refractivity contribution >= 4 is 32.4 Å². The average molecular weight is 370 g/mol. The van der Waals surface area contributed by atoms with E-state index in [-0.39, 0.29) is 17.2 Å². The van der Waals surface area contributed by atoms with Gasteiger partial charge in [-0.25, -0.2) is 17.5 Å². The highest BCUT2D eigenvalue weighted by molar-refractivity contribution is 7.89. The molecule has 1 amide bonds. The summed E-state index contributed by atoms with van der Waals surface area (Å²) in [6.07, 6.45) is 2.01. The third kappa shape index (κ3) is 4.22. The molecule has 0 bridgehead atoms. The van der Waals surface area contributed by atoms with E-state index < -0.39 is 26.6 Å². The molecule has 2 N–H and O–H groups in total. The lowest BCUT2D eigenvalue weighted by Gasteiger charge is -2.08. The van der Waals surface area contributed by atoms with E-state index in [9.17, 15) is 17.6 Å². The van der Waals surface area contributed by atoms with Gasteiger partial charge in [0.2, 0.25) is 15.2 Å². The fraction of sp³-hybridized carbons (Fsp3) is 0.214. The van der Waals surface area contributed by atoms with Crippen molar-refractivity contribution in [2.75, 3.05) is 11.9 Å². The van der Waals surface area contributed by atoms with Crippen LogP contribution in [0.4, 0.5) is 9.52 Å². The Morgan fingerprint density at radius 2 is 2.17 bits per heavy atom. The molecule has 0 saturated heterocycles. The van der Waals surface area contributed by atoms with E-state index in [0.717, 1.165) is 17.1 Å². The zero-order valence-electron chi connectivity index (χ0n) is 12.7. The van der Waals surface area contributed by atoms with Gasteiger partial charge in [-0.2, -0.15) is 0 Å². The van der Waals surface area contributed by atoms with Gasteiger partial charge in [0.05, 0.1) is 0 Å². The molecule has 0 aliphatic rings. The second kappa shape index (κ2) is 7.60. The molecule has 0 saturated carbocycles. The number of nitrogens with zero attached hydrogens (tertiary/aromatic N) is 2. The maximum Gasteiger partial charge on any atom is 0.257 e. The minimum atomic E-state index is -4.08. The largest absolute Gasteiger partial charge is 0.296 e. The number of aryl methyl sites for hydroxylation is 1. The van der Waals surface area contributed by atoms with Gasteiger partial charge in [0.15, 0.2) is 0 Å². The zero-order valence-corrected chi connectivity index (χ0v) is 14.4. The highest BCUT2D eigenvalue weighted by Gasteiger charge is 2.21. The molecular weight excluding hydrogens is 355 g/mol. The first-order valence-electron chi connectivity index (χ1n) is 6.91. The van der Waals surface area contributed by atoms with Gasteiger partial charge >= 0.3 is 0 Å². The Bertz CT molecular complexity index is 865. The van der Waals surface area contributed by atoms with Gasteiger partial charge in [-0.15, -0.1) is 16.8 Å². The van der Waals surface area contributed by atoms with Crippen LogP contribution in [0.2, 0.25) is 0 Å². The van der Waals surface area contributed by atoms with Crippen LogP contribution in [-0.2, 0) is 16.4 Å². The predicted octanol–water partition coefficient (Wildman–Crippen LogP) is 1.96. The number of amides is 1. The fourth-order valence-electron chi connectivity index (χ4n) is 1.71. The van der Waals surface area contributed by atoms with Crippen molar-refractivity contribution in [1.82, 2.24) is 14.9 Å². The van der Waals surface area contributed by atoms with Crippen LogP contribution < -0.4 is 10.0 Å². The summed E-state index contributed by atoms with van der Waals surface area (Å²) in [5.41, 5.74) is -0.0105. The Morgan fingerprint density at radius 1 is 1.42 bits per heavy atom. The van der Waals surface area contributed by atoms with Crippen molar-refractivity contribution in [2.24, 2.45) is 0 Å². The first-order chi connectivity index (χ1) is 11.4. The standard InChI is InChI=1S/C14H15FN4O3S2/c1-3-7-16-24(21,22)11-8-9(5-6-10(11)15)13(20)17-14-19-18-12(4-2)23-14/h3,5-6,8,16H,1,4,7H2,2H3,(H,17,19,20). The molecule has 0 fully saturated rings. The van der Waals surface area contributed by atoms with Gasteiger partial charge in [-0.3, -0.25) is 10.1 Å². The van der Waals surface area contributed by atoms with Crippen molar-refractivity contribution in [3.8, 4) is 0 Å². The van der Waals surface area contributed by atoms with E-state index >= 15 is 0 Å². The number of hydrogen-bond acceptors (Lipinski definition) is 6. The molecule has 24 heavy (non-hydrogen) atoms. The fourth-order valence-corrected chi connectivity index (χ4v) is 3.49. The lowest BCUT2D eigenvalue weighted by atomic mass is 10.2. The summed E-state index contributed by atoms with van der Waals surface area (Å²) in [5, 5.41) is 11.2. The summed E-state index contributed by atoms with van der Waals surface area (Å²) >= 11 is 1.21. The number of sulfonamides is 1. The van der Waals surface area contributed by atoms with E-state index in [2.05, 4.69) is 26.8 Å². The van der Waals surface area contributed by atoms with Crippen LogP contribution in [0.1, 0.15) is 22.3 Å². The summed E-state index contributed by atoms with van der Waals surface area (Å²) in [5.74, 6) is -1.55. The molecule has 0 aliphatic carbocycles. The summed E-state index contributed by atoms with van der Waals surface area (Å²) in [6, 6.07) is 3.09. The third-order valence-corrected chi connectivity index (χ3v) is 5.31. The molecule has 2 rings (SSSR count). The molecule has 7 nitrogen and oxygen atoms in total. The van der Waals surface area contributed by atoms with Gasteiger partial charge in [-0.05, 0) is 24.6 Å². The highest BCUT2D eigenvalue weighted by Crippen LogP contribution is 2.19. The van der Waals surface area contributed by atoms with Crippen LogP contribution in [0.25, 0.3) is 0 Å². The molecule has 1 aromatic heterocycles. The molecule has 1 aromatic carbocycles. The maximum absolute atomic E-state index is 13.8. The van der Waals surface area contributed by atoms with Gasteiger partial charge in [0.1, 0.15) is 15.7 Å². The summed E-state index contributed by atoms with van der Waals surface area (Å²) in [7, 11) is -4.08. The Morgan fingerprint density at radius 3 is 2.79 bits per heavy atom. The first-order valence-corrected chi connectivity index (χ1v) is 9.21. The molecule has 0 unspecified atom stereocenters. The number of hydrogen-bond donors (Lipinski definition) is 2. The molecule has 0 aliphatic heterocycles. The Labute approximate surface area is 142 Å². The number of aromatic nitrogens is 2. The molecular formula is C14H15FN4O3S2. The van der Waals surface area contributed by atoms with Crippen molar-refractivity contribution in [1.29, 1.82) is 0 Å². The smallest absolute Gasteiger partial charge is 0.257 e. The first kappa shape index (κ1) is 18.2. The van der Waals surface area contributed by atoms with Crippen LogP contribution in [0.5, 0.6) is 0 Å². The number of carbonyl (C=O) groups is 1. The number of carbonyl (C=O) groups excluding carboxylic acids is 1. The van der Waals surface area contributed by atoms with Crippen molar-refractivity contribution in [3.05, 3.63) is 47.2 Å². The molecule has 0 spiro atoms. The molecule has 128 valence electrons. The van der Waals surface area contributed by atoms with Crippen molar-refractivity contribution in [3.63, 3.8) is 0 Å². The van der Waals surface area contributed by atoms with Crippen LogP contribution >= 0.6 is 11.3 Å². The topological polar surface area (TPSA) is 101 Å². The molecule has 10 heteroatoms. The van der Waals surface area contributed by atoms with Crippen molar-refractivity contribution < 1.29 is 17.6 Å². The second-order valence-corrected chi connectivity index (χ2v) is 7.39. The van der Waals surface area contributed by atoms with Gasteiger partial charge in [-0.1, -0.05) is 24.3 Å². The summed E-state index contributed by atoms with van der Waals surface area (Å²) < 4.78 is 40.1. The van der Waals surface area contributed by atoms with Gasteiger partial charge in [0, 0.05) is 12.1 Å². The van der Waals surface area contributed by atoms with E-state index in [1.807, 2.05) is 6.92 Å². The van der Waals surface area contributed by atoms with Crippen LogP contribution in [0.3, 0.4) is 0 Å². The van der Waals surface area contributed by atoms with Crippen molar-refractivity contribution in [2.45, 2.75) is 18.2 Å². The van der Waals surface area contributed by atoms with Gasteiger partial charge in [0.25, 0.3) is 5.91 Å². The lowest BCUT2D eigenvalue weighted by Crippen LogP contribution is -2.25. The zero-order chi connectivity index (χ0) is 17.7. The molecule has 0 atom stereocenters. The molecule has 1 heterocycles. The van der Waals surface area contributed by atoms with E-state index in [0.29, 0.717) is 6.42 Å². The average Bonchev–Trinajstić information content (AvgIpc) is 3.00. The SMILES string of the molecule is C=CCNS(=O)(=O)c1cc(C(=O)Nc2nnc(CC)s2)ccc1F. The minimum Gasteiger partial charge on any atom is -0.296 e. The van der Waals surface area contributed by atoms with Crippen LogP contribution in [-0.4, -0.2) is 31.1 Å².